The predicted octanol–water partition coefficient (Wildman–Crippen LogP) is 6.02. The number of esters is 3. The normalized spacial score (nSPS) is 10.5. The second-order valence-electron chi connectivity index (χ2n) is 8.53. The van der Waals surface area contributed by atoms with Crippen molar-refractivity contribution in [3.63, 3.8) is 0 Å². The fraction of sp³-hybridized carbons (Fsp3) is 0.103. The molecule has 0 fully saturated rings. The third kappa shape index (κ3) is 6.16. The number of nitrogens with zero attached hydrogens (tertiary/aromatic N) is 1. The summed E-state index contributed by atoms with van der Waals surface area (Å²) in [5.41, 5.74) is 2.06. The first-order chi connectivity index (χ1) is 18.1. The Morgan fingerprint density at radius 3 is 1.68 bits per heavy atom. The minimum atomic E-state index is -0.868. The van der Waals surface area contributed by atoms with Crippen molar-refractivity contribution in [3.05, 3.63) is 111 Å². The second kappa shape index (κ2) is 11.1. The number of hydrogen-bond donors (Lipinski definition) is 1. The van der Waals surface area contributed by atoms with Crippen molar-refractivity contribution < 1.29 is 33.7 Å². The number of phenols is 1. The van der Waals surface area contributed by atoms with Crippen LogP contribution in [0.5, 0.6) is 23.0 Å². The average Bonchev–Trinajstić information content (AvgIpc) is 2.87. The molecule has 1 N–H and O–H groups in total. The molecule has 1 heterocycles. The summed E-state index contributed by atoms with van der Waals surface area (Å²) in [6.45, 7) is 5.28. The number of carbonyl (C=O) groups excluding carboxylic acids is 3. The topological polar surface area (TPSA) is 112 Å². The van der Waals surface area contributed by atoms with Gasteiger partial charge in [0.05, 0.1) is 11.2 Å². The van der Waals surface area contributed by atoms with E-state index in [-0.39, 0.29) is 44.7 Å². The Balaban J connectivity index is 1.61. The van der Waals surface area contributed by atoms with E-state index in [1.54, 1.807) is 39.0 Å². The lowest BCUT2D eigenvalue weighted by molar-refractivity contribution is 0.0699. The number of phenolic OH excluding ortho intramolecular Hbond substituents is 1. The van der Waals surface area contributed by atoms with E-state index in [1.165, 1.54) is 54.9 Å². The first-order valence-corrected chi connectivity index (χ1v) is 11.8. The van der Waals surface area contributed by atoms with E-state index in [0.29, 0.717) is 5.56 Å². The van der Waals surface area contributed by atoms with Gasteiger partial charge in [-0.3, -0.25) is 4.98 Å². The van der Waals surface area contributed by atoms with Gasteiger partial charge in [-0.1, -0.05) is 35.4 Å². The number of rotatable bonds is 6. The zero-order valence-corrected chi connectivity index (χ0v) is 21.4. The van der Waals surface area contributed by atoms with Crippen molar-refractivity contribution in [2.45, 2.75) is 20.8 Å². The summed E-state index contributed by atoms with van der Waals surface area (Å²) >= 11 is 5.91. The van der Waals surface area contributed by atoms with Gasteiger partial charge in [0.1, 0.15) is 33.9 Å². The Kier molecular flexibility index (Phi) is 7.74. The Morgan fingerprint density at radius 1 is 0.658 bits per heavy atom. The van der Waals surface area contributed by atoms with Gasteiger partial charge in [0.25, 0.3) is 0 Å². The lowest BCUT2D eigenvalue weighted by Gasteiger charge is -2.14. The fourth-order valence-electron chi connectivity index (χ4n) is 3.52. The van der Waals surface area contributed by atoms with E-state index in [4.69, 9.17) is 25.8 Å². The molecule has 0 aliphatic carbocycles. The van der Waals surface area contributed by atoms with E-state index in [1.807, 2.05) is 0 Å². The van der Waals surface area contributed by atoms with E-state index >= 15 is 0 Å². The van der Waals surface area contributed by atoms with Crippen LogP contribution in [0.4, 0.5) is 0 Å². The molecule has 8 nitrogen and oxygen atoms in total. The second-order valence-corrected chi connectivity index (χ2v) is 8.96. The van der Waals surface area contributed by atoms with Gasteiger partial charge in [0, 0.05) is 12.3 Å². The average molecular weight is 532 g/mol. The maximum Gasteiger partial charge on any atom is 0.347 e. The molecule has 38 heavy (non-hydrogen) atoms. The minimum absolute atomic E-state index is 0.00536. The quantitative estimate of drug-likeness (QED) is 0.237. The first-order valence-electron chi connectivity index (χ1n) is 11.4. The summed E-state index contributed by atoms with van der Waals surface area (Å²) in [6.07, 6.45) is 2.72. The first kappa shape index (κ1) is 26.4. The molecule has 3 aromatic carbocycles. The largest absolute Gasteiger partial charge is 0.507 e. The van der Waals surface area contributed by atoms with Crippen molar-refractivity contribution in [2.24, 2.45) is 0 Å². The molecule has 0 spiro atoms. The lowest BCUT2D eigenvalue weighted by Crippen LogP contribution is -2.17. The van der Waals surface area contributed by atoms with E-state index in [9.17, 15) is 19.5 Å². The van der Waals surface area contributed by atoms with Gasteiger partial charge in [0.15, 0.2) is 5.75 Å². The van der Waals surface area contributed by atoms with Crippen LogP contribution in [0.15, 0.2) is 73.1 Å². The van der Waals surface area contributed by atoms with Crippen LogP contribution in [-0.2, 0) is 0 Å². The summed E-state index contributed by atoms with van der Waals surface area (Å²) in [5, 5.41) is 10.4. The maximum absolute atomic E-state index is 13.2. The number of pyridine rings is 1. The zero-order chi connectivity index (χ0) is 27.4. The molecular formula is C29H22ClNO7. The highest BCUT2D eigenvalue weighted by Crippen LogP contribution is 2.28. The van der Waals surface area contributed by atoms with Gasteiger partial charge >= 0.3 is 17.9 Å². The van der Waals surface area contributed by atoms with Gasteiger partial charge < -0.3 is 19.3 Å². The molecule has 0 radical (unpaired) electrons. The molecule has 0 unspecified atom stereocenters. The molecule has 0 aliphatic heterocycles. The predicted molar refractivity (Wildman–Crippen MR) is 139 cm³/mol. The van der Waals surface area contributed by atoms with Crippen molar-refractivity contribution in [2.75, 3.05) is 0 Å². The smallest absolute Gasteiger partial charge is 0.347 e. The highest BCUT2D eigenvalue weighted by molar-refractivity contribution is 6.30. The van der Waals surface area contributed by atoms with E-state index in [0.717, 1.165) is 11.1 Å². The fourth-order valence-corrected chi connectivity index (χ4v) is 3.68. The van der Waals surface area contributed by atoms with Gasteiger partial charge in [-0.05, 0) is 68.3 Å². The van der Waals surface area contributed by atoms with Crippen LogP contribution in [0.2, 0.25) is 5.02 Å². The number of aromatic nitrogens is 1. The molecule has 0 bridgehead atoms. The molecule has 4 rings (SSSR count). The van der Waals surface area contributed by atoms with Crippen molar-refractivity contribution in [3.8, 4) is 23.0 Å². The van der Waals surface area contributed by atoms with Crippen LogP contribution in [0.3, 0.4) is 0 Å². The maximum atomic E-state index is 13.2. The number of hydrogen-bond acceptors (Lipinski definition) is 8. The highest BCUT2D eigenvalue weighted by atomic mass is 35.5. The number of aryl methyl sites for hydroxylation is 3. The van der Waals surface area contributed by atoms with Crippen LogP contribution in [-0.4, -0.2) is 28.0 Å². The summed E-state index contributed by atoms with van der Waals surface area (Å²) in [7, 11) is 0. The highest BCUT2D eigenvalue weighted by Gasteiger charge is 2.23. The summed E-state index contributed by atoms with van der Waals surface area (Å²) in [4.78, 5) is 42.8. The monoisotopic (exact) mass is 531 g/mol. The molecule has 0 amide bonds. The van der Waals surface area contributed by atoms with Crippen molar-refractivity contribution in [1.82, 2.24) is 4.98 Å². The Labute approximate surface area is 223 Å². The molecule has 9 heteroatoms. The Bertz CT molecular complexity index is 1560. The molecule has 0 aliphatic rings. The Morgan fingerprint density at radius 2 is 1.13 bits per heavy atom. The number of ether oxygens (including phenoxy) is 3. The summed E-state index contributed by atoms with van der Waals surface area (Å²) < 4.78 is 16.4. The molecular weight excluding hydrogens is 510 g/mol. The number of carbonyl (C=O) groups is 3. The molecule has 192 valence electrons. The molecule has 4 aromatic rings. The number of benzene rings is 3. The van der Waals surface area contributed by atoms with Crippen LogP contribution < -0.4 is 14.2 Å². The zero-order valence-electron chi connectivity index (χ0n) is 20.7. The van der Waals surface area contributed by atoms with Gasteiger partial charge in [0.2, 0.25) is 0 Å². The summed E-state index contributed by atoms with van der Waals surface area (Å²) in [5.74, 6) is -2.77. The van der Waals surface area contributed by atoms with Crippen molar-refractivity contribution >= 4 is 29.5 Å². The third-order valence-corrected chi connectivity index (χ3v) is 5.58. The molecule has 0 saturated heterocycles. The molecule has 0 atom stereocenters. The Hall–Kier alpha value is -4.69. The van der Waals surface area contributed by atoms with Gasteiger partial charge in [-0.15, -0.1) is 0 Å². The summed E-state index contributed by atoms with van der Waals surface area (Å²) in [6, 6.07) is 15.2. The van der Waals surface area contributed by atoms with Crippen LogP contribution in [0.1, 0.15) is 47.8 Å². The van der Waals surface area contributed by atoms with Crippen LogP contribution >= 0.6 is 11.6 Å². The van der Waals surface area contributed by atoms with E-state index in [2.05, 4.69) is 4.98 Å². The third-order valence-electron chi connectivity index (χ3n) is 5.38. The lowest BCUT2D eigenvalue weighted by atomic mass is 10.1. The molecule has 1 aromatic heterocycles. The van der Waals surface area contributed by atoms with Crippen LogP contribution in [0.25, 0.3) is 0 Å². The van der Waals surface area contributed by atoms with E-state index < -0.39 is 17.9 Å². The minimum Gasteiger partial charge on any atom is -0.507 e. The van der Waals surface area contributed by atoms with Gasteiger partial charge in [-0.2, -0.15) is 0 Å². The number of aromatic hydroxyl groups is 1. The molecule has 0 saturated carbocycles. The van der Waals surface area contributed by atoms with Gasteiger partial charge in [-0.25, -0.2) is 14.4 Å². The van der Waals surface area contributed by atoms with Crippen LogP contribution in [0, 0.1) is 20.8 Å². The standard InChI is InChI=1S/C29H22ClNO7/c1-16-4-7-24(32)21(10-16)27(33)37-26-9-6-18(3)12-23(26)29(35)38-25-8-5-17(2)11-22(25)28(34)36-20-13-19(30)14-31-15-20/h4-15,32H,1-3H3. The van der Waals surface area contributed by atoms with Crippen molar-refractivity contribution in [1.29, 1.82) is 0 Å². The SMILES string of the molecule is Cc1ccc(O)c(C(=O)Oc2ccc(C)cc2C(=O)Oc2ccc(C)cc2C(=O)Oc2cncc(Cl)c2)c1. The number of halogens is 1.